The Morgan fingerprint density at radius 1 is 1.24 bits per heavy atom. The van der Waals surface area contributed by atoms with Crippen molar-refractivity contribution in [2.75, 3.05) is 58.9 Å². The van der Waals surface area contributed by atoms with E-state index in [-0.39, 0.29) is 12.1 Å². The van der Waals surface area contributed by atoms with Crippen molar-refractivity contribution in [3.63, 3.8) is 0 Å². The zero-order valence-electron chi connectivity index (χ0n) is 17.5. The number of hydrogen-bond acceptors (Lipinski definition) is 6. The molecule has 2 unspecified atom stereocenters. The van der Waals surface area contributed by atoms with Gasteiger partial charge in [0.1, 0.15) is 6.61 Å². The van der Waals surface area contributed by atoms with E-state index < -0.39 is 0 Å². The van der Waals surface area contributed by atoms with Crippen molar-refractivity contribution in [3.05, 3.63) is 29.8 Å². The fraction of sp³-hybridized carbons (Fsp3) is 0.636. The van der Waals surface area contributed by atoms with Crippen molar-refractivity contribution < 1.29 is 14.3 Å². The van der Waals surface area contributed by atoms with Gasteiger partial charge in [0.2, 0.25) is 0 Å². The van der Waals surface area contributed by atoms with Crippen molar-refractivity contribution in [2.45, 2.75) is 25.3 Å². The third-order valence-corrected chi connectivity index (χ3v) is 6.10. The number of hydrogen-bond donors (Lipinski definition) is 1. The van der Waals surface area contributed by atoms with Crippen molar-refractivity contribution in [2.24, 2.45) is 11.8 Å². The number of ether oxygens (including phenoxy) is 2. The summed E-state index contributed by atoms with van der Waals surface area (Å²) in [6.45, 7) is 4.81. The molecule has 0 spiro atoms. The molecule has 1 aromatic carbocycles. The zero-order chi connectivity index (χ0) is 20.6. The smallest absolute Gasteiger partial charge is 0.409 e. The van der Waals surface area contributed by atoms with Crippen molar-refractivity contribution in [3.8, 4) is 6.07 Å². The minimum Gasteiger partial charge on any atom is -0.447 e. The molecule has 3 rings (SSSR count). The fourth-order valence-electron chi connectivity index (χ4n) is 4.74. The van der Waals surface area contributed by atoms with Gasteiger partial charge in [-0.15, -0.1) is 0 Å². The second-order valence-corrected chi connectivity index (χ2v) is 8.04. The Labute approximate surface area is 173 Å². The van der Waals surface area contributed by atoms with Gasteiger partial charge in [0.15, 0.2) is 0 Å². The first kappa shape index (κ1) is 21.4. The molecule has 158 valence electrons. The molecule has 0 aromatic heterocycles. The van der Waals surface area contributed by atoms with Crippen LogP contribution >= 0.6 is 0 Å². The third kappa shape index (κ3) is 5.62. The monoisotopic (exact) mass is 400 g/mol. The van der Waals surface area contributed by atoms with Crippen LogP contribution < -0.4 is 5.32 Å². The zero-order valence-corrected chi connectivity index (χ0v) is 17.5. The van der Waals surface area contributed by atoms with Crippen LogP contribution in [0.2, 0.25) is 0 Å². The van der Waals surface area contributed by atoms with Crippen molar-refractivity contribution >= 4 is 11.8 Å². The number of fused-ring (bicyclic) bond motifs is 2. The SMILES string of the molecule is COCCOC(=O)N(C)C1C2CCC1CN(CCCNc1ccc(C#N)cc1)C2. The van der Waals surface area contributed by atoms with Gasteiger partial charge in [0, 0.05) is 45.5 Å². The maximum absolute atomic E-state index is 12.3. The summed E-state index contributed by atoms with van der Waals surface area (Å²) in [5.74, 6) is 1.06. The maximum Gasteiger partial charge on any atom is 0.409 e. The number of amides is 1. The van der Waals surface area contributed by atoms with Gasteiger partial charge in [-0.05, 0) is 61.9 Å². The van der Waals surface area contributed by atoms with Crippen LogP contribution in [0.5, 0.6) is 0 Å². The van der Waals surface area contributed by atoms with Gasteiger partial charge in [0.25, 0.3) is 0 Å². The van der Waals surface area contributed by atoms with E-state index in [0.717, 1.165) is 38.3 Å². The highest BCUT2D eigenvalue weighted by molar-refractivity contribution is 5.67. The predicted octanol–water partition coefficient (Wildman–Crippen LogP) is 2.79. The van der Waals surface area contributed by atoms with Gasteiger partial charge < -0.3 is 24.6 Å². The van der Waals surface area contributed by atoms with E-state index >= 15 is 0 Å². The van der Waals surface area contributed by atoms with E-state index in [0.29, 0.717) is 30.6 Å². The number of anilines is 1. The molecule has 1 aliphatic carbocycles. The summed E-state index contributed by atoms with van der Waals surface area (Å²) in [6, 6.07) is 10.00. The highest BCUT2D eigenvalue weighted by Gasteiger charge is 2.45. The largest absolute Gasteiger partial charge is 0.447 e. The third-order valence-electron chi connectivity index (χ3n) is 6.10. The Balaban J connectivity index is 1.40. The molecule has 2 atom stereocenters. The quantitative estimate of drug-likeness (QED) is 0.642. The topological polar surface area (TPSA) is 77.8 Å². The van der Waals surface area contributed by atoms with Crippen LogP contribution in [0.1, 0.15) is 24.8 Å². The van der Waals surface area contributed by atoms with Crippen LogP contribution in [0.15, 0.2) is 24.3 Å². The molecule has 2 fully saturated rings. The molecule has 1 aromatic rings. The van der Waals surface area contributed by atoms with E-state index in [1.807, 2.05) is 36.2 Å². The summed E-state index contributed by atoms with van der Waals surface area (Å²) in [7, 11) is 3.48. The molecule has 1 saturated carbocycles. The number of benzene rings is 1. The van der Waals surface area contributed by atoms with E-state index in [4.69, 9.17) is 14.7 Å². The Morgan fingerprint density at radius 3 is 2.55 bits per heavy atom. The molecule has 7 heteroatoms. The summed E-state index contributed by atoms with van der Waals surface area (Å²) in [4.78, 5) is 16.7. The maximum atomic E-state index is 12.3. The lowest BCUT2D eigenvalue weighted by molar-refractivity contribution is 0.0333. The lowest BCUT2D eigenvalue weighted by Crippen LogP contribution is -2.53. The van der Waals surface area contributed by atoms with Crippen LogP contribution in [0, 0.1) is 23.2 Å². The molecule has 0 radical (unpaired) electrons. The van der Waals surface area contributed by atoms with Crippen LogP contribution in [0.3, 0.4) is 0 Å². The normalized spacial score (nSPS) is 23.4. The number of rotatable bonds is 9. The average molecular weight is 401 g/mol. The number of carbonyl (C=O) groups is 1. The highest BCUT2D eigenvalue weighted by Crippen LogP contribution is 2.39. The van der Waals surface area contributed by atoms with Crippen LogP contribution in [-0.2, 0) is 9.47 Å². The van der Waals surface area contributed by atoms with E-state index in [9.17, 15) is 4.79 Å². The van der Waals surface area contributed by atoms with Crippen molar-refractivity contribution in [1.29, 1.82) is 5.26 Å². The molecule has 29 heavy (non-hydrogen) atoms. The Bertz CT molecular complexity index is 689. The van der Waals surface area contributed by atoms with Gasteiger partial charge in [-0.3, -0.25) is 0 Å². The predicted molar refractivity (Wildman–Crippen MR) is 112 cm³/mol. The van der Waals surface area contributed by atoms with E-state index in [1.54, 1.807) is 7.11 Å². The number of methoxy groups -OCH3 is 1. The number of nitriles is 1. The number of carbonyl (C=O) groups excluding carboxylic acids is 1. The summed E-state index contributed by atoms with van der Waals surface area (Å²) in [6.07, 6.45) is 3.21. The summed E-state index contributed by atoms with van der Waals surface area (Å²) in [5.41, 5.74) is 1.73. The number of likely N-dealkylation sites (tertiary alicyclic amines) is 1. The molecule has 1 amide bonds. The molecule has 1 aliphatic heterocycles. The Kier molecular flexibility index (Phi) is 7.73. The second-order valence-electron chi connectivity index (χ2n) is 8.04. The van der Waals surface area contributed by atoms with Gasteiger partial charge >= 0.3 is 6.09 Å². The standard InChI is InChI=1S/C22H32N4O3/c1-25(22(27)29-13-12-28-2)21-18-6-7-19(21)16-26(15-18)11-3-10-24-20-8-4-17(14-23)5-9-20/h4-5,8-9,18-19,21,24H,3,6-7,10-13,15-16H2,1-2H3. The molecular weight excluding hydrogens is 368 g/mol. The minimum atomic E-state index is -0.232. The highest BCUT2D eigenvalue weighted by atomic mass is 16.6. The molecule has 2 aliphatic rings. The Morgan fingerprint density at radius 2 is 1.93 bits per heavy atom. The first-order chi connectivity index (χ1) is 14.1. The first-order valence-corrected chi connectivity index (χ1v) is 10.5. The summed E-state index contributed by atoms with van der Waals surface area (Å²) < 4.78 is 10.3. The van der Waals surface area contributed by atoms with Crippen molar-refractivity contribution in [1.82, 2.24) is 9.80 Å². The minimum absolute atomic E-state index is 0.232. The van der Waals surface area contributed by atoms with Gasteiger partial charge in [-0.2, -0.15) is 5.26 Å². The fourth-order valence-corrected chi connectivity index (χ4v) is 4.74. The van der Waals surface area contributed by atoms with Gasteiger partial charge in [-0.25, -0.2) is 4.79 Å². The molecule has 1 heterocycles. The number of nitrogens with zero attached hydrogens (tertiary/aromatic N) is 3. The van der Waals surface area contributed by atoms with Crippen LogP contribution in [0.25, 0.3) is 0 Å². The van der Waals surface area contributed by atoms with Crippen LogP contribution in [-0.4, -0.2) is 75.5 Å². The first-order valence-electron chi connectivity index (χ1n) is 10.5. The molecule has 7 nitrogen and oxygen atoms in total. The molecule has 1 saturated heterocycles. The molecule has 1 N–H and O–H groups in total. The summed E-state index contributed by atoms with van der Waals surface area (Å²) >= 11 is 0. The number of piperidine rings is 1. The number of nitrogens with one attached hydrogen (secondary N) is 1. The molecular formula is C22H32N4O3. The summed E-state index contributed by atoms with van der Waals surface area (Å²) in [5, 5.41) is 12.3. The van der Waals surface area contributed by atoms with Gasteiger partial charge in [-0.1, -0.05) is 0 Å². The lowest BCUT2D eigenvalue weighted by atomic mass is 9.91. The van der Waals surface area contributed by atoms with E-state index in [2.05, 4.69) is 16.3 Å². The van der Waals surface area contributed by atoms with Crippen LogP contribution in [0.4, 0.5) is 10.5 Å². The second kappa shape index (κ2) is 10.5. The Hall–Kier alpha value is -2.30. The van der Waals surface area contributed by atoms with E-state index in [1.165, 1.54) is 12.8 Å². The van der Waals surface area contributed by atoms with Gasteiger partial charge in [0.05, 0.1) is 18.2 Å². The lowest BCUT2D eigenvalue weighted by Gasteiger charge is -2.41. The molecule has 2 bridgehead atoms. The average Bonchev–Trinajstić information content (AvgIpc) is 3.01.